The second-order valence-electron chi connectivity index (χ2n) is 0.968. The van der Waals surface area contributed by atoms with Crippen molar-refractivity contribution in [2.24, 2.45) is 0 Å². The summed E-state index contributed by atoms with van der Waals surface area (Å²) in [5.74, 6) is 0. The molecule has 1 aromatic heterocycles. The molecular weight excluding hydrogens is 393 g/mol. The molecule has 10 heavy (non-hydrogen) atoms. The Balaban J connectivity index is 0. The number of rotatable bonds is 0. The van der Waals surface area contributed by atoms with Crippen molar-refractivity contribution in [2.45, 2.75) is 0 Å². The molecule has 0 saturated heterocycles. The molecule has 5 heteroatoms. The van der Waals surface area contributed by atoms with Gasteiger partial charge >= 0.3 is 49.4 Å². The van der Waals surface area contributed by atoms with E-state index < -0.39 is 0 Å². The summed E-state index contributed by atoms with van der Waals surface area (Å²) >= 11 is 4.74. The first-order chi connectivity index (χ1) is 4.41. The number of hydrogen-bond donors (Lipinski definition) is 0. The topological polar surface area (TPSA) is 25.8 Å². The largest absolute Gasteiger partial charge is 0.245 e. The maximum absolute atomic E-state index is 3.67. The van der Waals surface area contributed by atoms with Gasteiger partial charge in [-0.3, -0.25) is 0 Å². The van der Waals surface area contributed by atoms with Crippen molar-refractivity contribution < 1.29 is 9.47 Å². The van der Waals surface area contributed by atoms with Crippen LogP contribution in [0, 0.1) is 7.43 Å². The minimum Gasteiger partial charge on any atom is -0.245 e. The summed E-state index contributed by atoms with van der Waals surface area (Å²) in [5.41, 5.74) is 0. The smallest absolute Gasteiger partial charge is 0.115 e. The molecule has 0 amide bonds. The molecule has 57 valence electrons. The van der Waals surface area contributed by atoms with E-state index in [1.807, 2.05) is 0 Å². The molecule has 1 aromatic rings. The van der Waals surface area contributed by atoms with E-state index in [4.69, 9.17) is 0 Å². The molecule has 0 unspecified atom stereocenters. The fourth-order valence-corrected chi connectivity index (χ4v) is 0.253. The van der Waals surface area contributed by atoms with Gasteiger partial charge in [-0.2, -0.15) is 0 Å². The number of hydrogen-bond acceptors (Lipinski definition) is 2. The zero-order chi connectivity index (χ0) is 6.95. The molecule has 2 nitrogen and oxygen atoms in total. The van der Waals surface area contributed by atoms with Crippen LogP contribution in [0.1, 0.15) is 0 Å². The summed E-state index contributed by atoms with van der Waals surface area (Å²) in [5, 5.41) is 0. The maximum Gasteiger partial charge on any atom is 0.115 e. The molecule has 0 radical (unpaired) electrons. The SMILES string of the molecule is [CH3-].[I][V][I].c1cncnc1. The Bertz CT molecular complexity index is 101. The summed E-state index contributed by atoms with van der Waals surface area (Å²) in [6.07, 6.45) is 4.88. The molecule has 0 aliphatic carbocycles. The molecule has 0 atom stereocenters. The Labute approximate surface area is 90.5 Å². The third-order valence-corrected chi connectivity index (χ3v) is 0.478. The van der Waals surface area contributed by atoms with E-state index in [2.05, 4.69) is 49.9 Å². The first-order valence-electron chi connectivity index (χ1n) is 2.04. The van der Waals surface area contributed by atoms with Crippen molar-refractivity contribution in [1.29, 1.82) is 0 Å². The van der Waals surface area contributed by atoms with E-state index >= 15 is 0 Å². The summed E-state index contributed by atoms with van der Waals surface area (Å²) in [6.45, 7) is 0. The minimum absolute atomic E-state index is 0. The molecule has 0 aliphatic heterocycles. The van der Waals surface area contributed by atoms with Gasteiger partial charge in [0.2, 0.25) is 0 Å². The predicted octanol–water partition coefficient (Wildman–Crippen LogP) is 2.70. The van der Waals surface area contributed by atoms with Crippen molar-refractivity contribution in [1.82, 2.24) is 9.97 Å². The van der Waals surface area contributed by atoms with Crippen LogP contribution in [0.2, 0.25) is 0 Å². The summed E-state index contributed by atoms with van der Waals surface area (Å²) in [6, 6.07) is 1.78. The van der Waals surface area contributed by atoms with E-state index in [1.165, 1.54) is 6.33 Å². The van der Waals surface area contributed by atoms with Crippen LogP contribution < -0.4 is 0 Å². The van der Waals surface area contributed by atoms with Gasteiger partial charge < -0.3 is 7.43 Å². The average Bonchev–Trinajstić information content (AvgIpc) is 1.93. The third kappa shape index (κ3) is 11.9. The number of nitrogens with zero attached hydrogens (tertiary/aromatic N) is 2. The molecule has 0 aromatic carbocycles. The first kappa shape index (κ1) is 13.7. The van der Waals surface area contributed by atoms with Crippen LogP contribution in [0.25, 0.3) is 0 Å². The third-order valence-electron chi connectivity index (χ3n) is 0.478. The van der Waals surface area contributed by atoms with Gasteiger partial charge in [-0.25, -0.2) is 9.97 Å². The van der Waals surface area contributed by atoms with Crippen molar-refractivity contribution in [3.05, 3.63) is 32.2 Å². The van der Waals surface area contributed by atoms with Crippen LogP contribution in [-0.2, 0) is 9.47 Å². The minimum atomic E-state index is 0. The fourth-order valence-electron chi connectivity index (χ4n) is 0.253. The van der Waals surface area contributed by atoms with Gasteiger partial charge in [-0.15, -0.1) is 0 Å². The zero-order valence-electron chi connectivity index (χ0n) is 5.41. The molecule has 0 N–H and O–H groups in total. The van der Waals surface area contributed by atoms with Crippen molar-refractivity contribution in [2.75, 3.05) is 0 Å². The molecule has 0 bridgehead atoms. The number of aromatic nitrogens is 2. The van der Waals surface area contributed by atoms with Crippen LogP contribution in [0.4, 0.5) is 0 Å². The molecule has 0 saturated carbocycles. The van der Waals surface area contributed by atoms with Crippen LogP contribution >= 0.6 is 40.0 Å². The van der Waals surface area contributed by atoms with E-state index in [9.17, 15) is 0 Å². The zero-order valence-corrected chi connectivity index (χ0v) is 11.1. The van der Waals surface area contributed by atoms with Gasteiger partial charge in [0.15, 0.2) is 0 Å². The van der Waals surface area contributed by atoms with E-state index in [1.54, 1.807) is 18.5 Å². The van der Waals surface area contributed by atoms with Crippen molar-refractivity contribution >= 4 is 40.0 Å². The standard InChI is InChI=1S/C4H4N2.CH3.2HI.V/c1-2-5-4-6-3-1;;;;/h1-4H;1H3;2*1H;/q;-1;;;+2/p-2. The van der Waals surface area contributed by atoms with Crippen molar-refractivity contribution in [3.63, 3.8) is 0 Å². The van der Waals surface area contributed by atoms with E-state index in [0.717, 1.165) is 0 Å². The normalized spacial score (nSPS) is 6.20. The molecule has 1 rings (SSSR count). The van der Waals surface area contributed by atoms with E-state index in [-0.39, 0.29) is 7.43 Å². The molecule has 0 aliphatic rings. The number of halogens is 2. The maximum atomic E-state index is 3.67. The monoisotopic (exact) mass is 400 g/mol. The van der Waals surface area contributed by atoms with Gasteiger partial charge in [0, 0.05) is 12.4 Å². The van der Waals surface area contributed by atoms with Gasteiger partial charge in [-0.05, 0) is 6.07 Å². The van der Waals surface area contributed by atoms with E-state index in [0.29, 0.717) is 9.47 Å². The Kier molecular flexibility index (Phi) is 17.5. The predicted molar refractivity (Wildman–Crippen MR) is 56.5 cm³/mol. The first-order valence-corrected chi connectivity index (χ1v) is 11.0. The Morgan fingerprint density at radius 3 is 1.60 bits per heavy atom. The summed E-state index contributed by atoms with van der Waals surface area (Å²) < 4.78 is 0. The molecule has 0 fully saturated rings. The second kappa shape index (κ2) is 12.8. The molecule has 0 spiro atoms. The summed E-state index contributed by atoms with van der Waals surface area (Å²) in [4.78, 5) is 7.35. The summed E-state index contributed by atoms with van der Waals surface area (Å²) in [7, 11) is 0.628. The second-order valence-corrected chi connectivity index (χ2v) is 12.8. The van der Waals surface area contributed by atoms with Crippen LogP contribution in [0.15, 0.2) is 24.8 Å². The van der Waals surface area contributed by atoms with Gasteiger partial charge in [-0.1, -0.05) is 0 Å². The van der Waals surface area contributed by atoms with Gasteiger partial charge in [0.1, 0.15) is 6.33 Å². The van der Waals surface area contributed by atoms with Crippen LogP contribution in [0.3, 0.4) is 0 Å². The quantitative estimate of drug-likeness (QED) is 0.495. The molecule has 1 heterocycles. The fraction of sp³-hybridized carbons (Fsp3) is 0. The van der Waals surface area contributed by atoms with Crippen LogP contribution in [-0.4, -0.2) is 9.97 Å². The van der Waals surface area contributed by atoms with Crippen molar-refractivity contribution in [3.8, 4) is 0 Å². The average molecular weight is 400 g/mol. The van der Waals surface area contributed by atoms with Gasteiger partial charge in [0.25, 0.3) is 0 Å². The van der Waals surface area contributed by atoms with Crippen LogP contribution in [0.5, 0.6) is 0 Å². The Hall–Kier alpha value is 1.12. The Morgan fingerprint density at radius 1 is 1.10 bits per heavy atom. The van der Waals surface area contributed by atoms with Gasteiger partial charge in [0.05, 0.1) is 0 Å². The Morgan fingerprint density at radius 2 is 1.50 bits per heavy atom. The molecular formula is C5H7I2N2V-.